The van der Waals surface area contributed by atoms with E-state index in [-0.39, 0.29) is 32.3 Å². The smallest absolute Gasteiger partial charge is 0.291 e. The molecule has 3 aromatic rings. The van der Waals surface area contributed by atoms with Gasteiger partial charge in [-0.15, -0.1) is 0 Å². The van der Waals surface area contributed by atoms with Crippen molar-refractivity contribution in [2.24, 2.45) is 0 Å². The molecule has 0 radical (unpaired) electrons. The molecule has 166 valence electrons. The first kappa shape index (κ1) is 22.3. The lowest BCUT2D eigenvalue weighted by Gasteiger charge is -2.12. The summed E-state index contributed by atoms with van der Waals surface area (Å²) in [5.74, 6) is -0.850. The zero-order valence-electron chi connectivity index (χ0n) is 16.4. The molecule has 1 saturated carbocycles. The maximum absolute atomic E-state index is 12.7. The quantitative estimate of drug-likeness (QED) is 0.446. The van der Waals surface area contributed by atoms with Crippen LogP contribution in [0.3, 0.4) is 0 Å². The molecule has 1 aliphatic rings. The van der Waals surface area contributed by atoms with Gasteiger partial charge in [0, 0.05) is 17.4 Å². The van der Waals surface area contributed by atoms with Crippen molar-refractivity contribution in [3.8, 4) is 0 Å². The van der Waals surface area contributed by atoms with Gasteiger partial charge in [0.1, 0.15) is 4.90 Å². The number of carbonyl (C=O) groups excluding carboxylic acids is 2. The Morgan fingerprint density at radius 3 is 2.09 bits per heavy atom. The monoisotopic (exact) mass is 493 g/mol. The summed E-state index contributed by atoms with van der Waals surface area (Å²) in [7, 11) is -3.88. The summed E-state index contributed by atoms with van der Waals surface area (Å²) < 4.78 is 32.7. The van der Waals surface area contributed by atoms with Crippen LogP contribution in [-0.2, 0) is 10.0 Å². The van der Waals surface area contributed by atoms with Crippen molar-refractivity contribution >= 4 is 56.4 Å². The van der Waals surface area contributed by atoms with Crippen molar-refractivity contribution in [1.82, 2.24) is 4.72 Å². The average molecular weight is 494 g/mol. The fourth-order valence-corrected chi connectivity index (χ4v) is 4.99. The van der Waals surface area contributed by atoms with E-state index >= 15 is 0 Å². The second-order valence-corrected chi connectivity index (χ2v) is 9.62. The van der Waals surface area contributed by atoms with E-state index in [9.17, 15) is 18.0 Å². The number of hydrogen-bond acceptors (Lipinski definition) is 5. The van der Waals surface area contributed by atoms with Crippen LogP contribution >= 0.6 is 23.2 Å². The zero-order chi connectivity index (χ0) is 22.9. The maximum atomic E-state index is 12.7. The van der Waals surface area contributed by atoms with Gasteiger partial charge in [0.25, 0.3) is 11.8 Å². The molecule has 2 amide bonds. The number of nitrogens with one attached hydrogen (secondary N) is 3. The van der Waals surface area contributed by atoms with Crippen LogP contribution in [-0.4, -0.2) is 26.3 Å². The lowest BCUT2D eigenvalue weighted by molar-refractivity contribution is 0.0994. The van der Waals surface area contributed by atoms with Crippen LogP contribution in [0.5, 0.6) is 0 Å². The van der Waals surface area contributed by atoms with E-state index in [1.54, 1.807) is 30.3 Å². The van der Waals surface area contributed by atoms with E-state index in [1.807, 2.05) is 0 Å². The third-order valence-electron chi connectivity index (χ3n) is 4.60. The van der Waals surface area contributed by atoms with E-state index in [2.05, 4.69) is 15.4 Å². The third-order valence-corrected chi connectivity index (χ3v) is 6.90. The van der Waals surface area contributed by atoms with Crippen molar-refractivity contribution in [2.75, 3.05) is 10.6 Å². The first-order chi connectivity index (χ1) is 15.2. The van der Waals surface area contributed by atoms with Gasteiger partial charge in [0.15, 0.2) is 5.76 Å². The number of hydrogen-bond donors (Lipinski definition) is 3. The maximum Gasteiger partial charge on any atom is 0.291 e. The van der Waals surface area contributed by atoms with Crippen LogP contribution in [0.1, 0.15) is 33.8 Å². The molecule has 0 atom stereocenters. The number of benzene rings is 2. The Morgan fingerprint density at radius 2 is 1.53 bits per heavy atom. The second-order valence-electron chi connectivity index (χ2n) is 7.12. The van der Waals surface area contributed by atoms with Gasteiger partial charge in [-0.25, -0.2) is 13.1 Å². The summed E-state index contributed by atoms with van der Waals surface area (Å²) in [5.41, 5.74) is 0.869. The van der Waals surface area contributed by atoms with Crippen LogP contribution in [0.4, 0.5) is 11.4 Å². The first-order valence-electron chi connectivity index (χ1n) is 9.50. The van der Waals surface area contributed by atoms with Crippen molar-refractivity contribution in [2.45, 2.75) is 23.8 Å². The normalized spacial score (nSPS) is 13.6. The lowest BCUT2D eigenvalue weighted by atomic mass is 10.2. The van der Waals surface area contributed by atoms with Crippen molar-refractivity contribution in [3.63, 3.8) is 0 Å². The number of furan rings is 1. The molecule has 4 rings (SSSR count). The molecular weight excluding hydrogens is 477 g/mol. The Bertz CT molecular complexity index is 1270. The fraction of sp³-hybridized carbons (Fsp3) is 0.143. The number of halogens is 2. The number of rotatable bonds is 7. The SMILES string of the molecule is O=C(Nc1ccc(NC(=O)c2cc(S(=O)(=O)NC3CC3)c(Cl)cc2Cl)cc1)c1ccco1. The predicted octanol–water partition coefficient (Wildman–Crippen LogP) is 4.53. The summed E-state index contributed by atoms with van der Waals surface area (Å²) in [5, 5.41) is 5.25. The summed E-state index contributed by atoms with van der Waals surface area (Å²) >= 11 is 12.2. The van der Waals surface area contributed by atoms with Gasteiger partial charge >= 0.3 is 0 Å². The summed E-state index contributed by atoms with van der Waals surface area (Å²) in [6.45, 7) is 0. The molecule has 11 heteroatoms. The van der Waals surface area contributed by atoms with Crippen LogP contribution in [0.2, 0.25) is 10.0 Å². The minimum atomic E-state index is -3.88. The van der Waals surface area contributed by atoms with Gasteiger partial charge in [-0.05, 0) is 61.4 Å². The molecule has 1 aromatic heterocycles. The molecule has 1 heterocycles. The minimum absolute atomic E-state index is 0.0141. The molecule has 0 unspecified atom stereocenters. The number of sulfonamides is 1. The largest absolute Gasteiger partial charge is 0.459 e. The third kappa shape index (κ3) is 5.13. The zero-order valence-corrected chi connectivity index (χ0v) is 18.7. The molecular formula is C21H17Cl2N3O5S. The first-order valence-corrected chi connectivity index (χ1v) is 11.7. The van der Waals surface area contributed by atoms with Crippen LogP contribution in [0, 0.1) is 0 Å². The molecule has 0 saturated heterocycles. The Balaban J connectivity index is 1.48. The van der Waals surface area contributed by atoms with E-state index in [1.165, 1.54) is 18.4 Å². The van der Waals surface area contributed by atoms with Crippen LogP contribution < -0.4 is 15.4 Å². The highest BCUT2D eigenvalue weighted by Gasteiger charge is 2.30. The number of amides is 2. The Morgan fingerprint density at radius 1 is 0.906 bits per heavy atom. The molecule has 8 nitrogen and oxygen atoms in total. The van der Waals surface area contributed by atoms with Crippen LogP contribution in [0.15, 0.2) is 64.1 Å². The average Bonchev–Trinajstić information content (AvgIpc) is 3.35. The molecule has 3 N–H and O–H groups in total. The lowest BCUT2D eigenvalue weighted by Crippen LogP contribution is -2.26. The van der Waals surface area contributed by atoms with E-state index in [0.29, 0.717) is 11.4 Å². The van der Waals surface area contributed by atoms with E-state index in [4.69, 9.17) is 27.6 Å². The fourth-order valence-electron chi connectivity index (χ4n) is 2.83. The summed E-state index contributed by atoms with van der Waals surface area (Å²) in [6.07, 6.45) is 2.92. The predicted molar refractivity (Wildman–Crippen MR) is 121 cm³/mol. The molecule has 0 bridgehead atoms. The molecule has 1 aliphatic carbocycles. The van der Waals surface area contributed by atoms with Gasteiger partial charge in [-0.1, -0.05) is 23.2 Å². The number of anilines is 2. The highest BCUT2D eigenvalue weighted by molar-refractivity contribution is 7.89. The standard InChI is InChI=1S/C21H17Cl2N3O5S/c22-16-11-17(23)19(32(29,30)26-14-7-8-14)10-15(16)20(27)24-12-3-5-13(6-4-12)25-21(28)18-2-1-9-31-18/h1-6,9-11,14,26H,7-8H2,(H,24,27)(H,25,28). The molecule has 0 aliphatic heterocycles. The van der Waals surface area contributed by atoms with Crippen molar-refractivity contribution < 1.29 is 22.4 Å². The summed E-state index contributed by atoms with van der Waals surface area (Å²) in [6, 6.07) is 11.7. The Hall–Kier alpha value is -2.85. The minimum Gasteiger partial charge on any atom is -0.459 e. The topological polar surface area (TPSA) is 118 Å². The van der Waals surface area contributed by atoms with Gasteiger partial charge in [-0.2, -0.15) is 0 Å². The number of carbonyl (C=O) groups is 2. The molecule has 1 fully saturated rings. The van der Waals surface area contributed by atoms with Gasteiger partial charge in [-0.3, -0.25) is 9.59 Å². The Labute approximate surface area is 193 Å². The van der Waals surface area contributed by atoms with Gasteiger partial charge in [0.05, 0.1) is 21.9 Å². The highest BCUT2D eigenvalue weighted by Crippen LogP contribution is 2.31. The molecule has 0 spiro atoms. The van der Waals surface area contributed by atoms with E-state index < -0.39 is 21.8 Å². The second kappa shape index (κ2) is 8.95. The summed E-state index contributed by atoms with van der Waals surface area (Å²) in [4.78, 5) is 24.5. The van der Waals surface area contributed by atoms with Crippen molar-refractivity contribution in [3.05, 3.63) is 76.2 Å². The highest BCUT2D eigenvalue weighted by atomic mass is 35.5. The van der Waals surface area contributed by atoms with E-state index in [0.717, 1.165) is 18.9 Å². The molecule has 2 aromatic carbocycles. The van der Waals surface area contributed by atoms with Crippen molar-refractivity contribution in [1.29, 1.82) is 0 Å². The Kier molecular flexibility index (Phi) is 6.25. The van der Waals surface area contributed by atoms with Gasteiger partial charge < -0.3 is 15.1 Å². The molecule has 32 heavy (non-hydrogen) atoms. The van der Waals surface area contributed by atoms with Gasteiger partial charge in [0.2, 0.25) is 10.0 Å². The van der Waals surface area contributed by atoms with Crippen LogP contribution in [0.25, 0.3) is 0 Å².